The molecule has 1 aliphatic rings. The van der Waals surface area contributed by atoms with Crippen LogP contribution in [-0.4, -0.2) is 23.9 Å². The SMILES string of the molecule is CC(C)CN1CCC(C)CC1=O. The fourth-order valence-electron chi connectivity index (χ4n) is 1.66. The van der Waals surface area contributed by atoms with Crippen molar-refractivity contribution in [2.24, 2.45) is 11.8 Å². The van der Waals surface area contributed by atoms with Gasteiger partial charge in [0, 0.05) is 19.5 Å². The average molecular weight is 169 g/mol. The fraction of sp³-hybridized carbons (Fsp3) is 0.900. The number of rotatable bonds is 2. The van der Waals surface area contributed by atoms with Crippen LogP contribution < -0.4 is 0 Å². The molecule has 0 bridgehead atoms. The molecule has 1 fully saturated rings. The van der Waals surface area contributed by atoms with Gasteiger partial charge < -0.3 is 4.90 Å². The molecule has 1 rings (SSSR count). The van der Waals surface area contributed by atoms with E-state index in [-0.39, 0.29) is 0 Å². The summed E-state index contributed by atoms with van der Waals surface area (Å²) in [4.78, 5) is 13.5. The Morgan fingerprint density at radius 2 is 2.25 bits per heavy atom. The molecule has 1 aliphatic heterocycles. The van der Waals surface area contributed by atoms with Gasteiger partial charge in [-0.2, -0.15) is 0 Å². The van der Waals surface area contributed by atoms with E-state index in [1.165, 1.54) is 6.42 Å². The second-order valence-corrected chi connectivity index (χ2v) is 4.33. The first-order valence-electron chi connectivity index (χ1n) is 4.87. The Kier molecular flexibility index (Phi) is 3.12. The number of carbonyl (C=O) groups excluding carboxylic acids is 1. The van der Waals surface area contributed by atoms with Crippen LogP contribution in [0, 0.1) is 11.8 Å². The third-order valence-electron chi connectivity index (χ3n) is 2.35. The molecular weight excluding hydrogens is 150 g/mol. The molecule has 1 heterocycles. The van der Waals surface area contributed by atoms with E-state index >= 15 is 0 Å². The molecule has 0 aromatic heterocycles. The highest BCUT2D eigenvalue weighted by atomic mass is 16.2. The fourth-order valence-corrected chi connectivity index (χ4v) is 1.66. The van der Waals surface area contributed by atoms with Gasteiger partial charge in [-0.05, 0) is 18.3 Å². The third-order valence-corrected chi connectivity index (χ3v) is 2.35. The Hall–Kier alpha value is -0.530. The molecule has 1 atom stereocenters. The van der Waals surface area contributed by atoms with Crippen molar-refractivity contribution in [1.29, 1.82) is 0 Å². The summed E-state index contributed by atoms with van der Waals surface area (Å²) in [6.07, 6.45) is 1.94. The summed E-state index contributed by atoms with van der Waals surface area (Å²) in [5, 5.41) is 0. The second kappa shape index (κ2) is 3.92. The van der Waals surface area contributed by atoms with Crippen molar-refractivity contribution >= 4 is 5.91 Å². The Bertz CT molecular complexity index is 165. The van der Waals surface area contributed by atoms with E-state index in [4.69, 9.17) is 0 Å². The number of hydrogen-bond acceptors (Lipinski definition) is 1. The maximum Gasteiger partial charge on any atom is 0.222 e. The highest BCUT2D eigenvalue weighted by Gasteiger charge is 2.22. The second-order valence-electron chi connectivity index (χ2n) is 4.33. The van der Waals surface area contributed by atoms with E-state index in [9.17, 15) is 4.79 Å². The van der Waals surface area contributed by atoms with E-state index in [2.05, 4.69) is 20.8 Å². The number of likely N-dealkylation sites (tertiary alicyclic amines) is 1. The van der Waals surface area contributed by atoms with Crippen molar-refractivity contribution in [3.63, 3.8) is 0 Å². The van der Waals surface area contributed by atoms with Crippen molar-refractivity contribution in [2.45, 2.75) is 33.6 Å². The van der Waals surface area contributed by atoms with Gasteiger partial charge in [0.15, 0.2) is 0 Å². The third kappa shape index (κ3) is 2.50. The van der Waals surface area contributed by atoms with Crippen LogP contribution in [0.4, 0.5) is 0 Å². The van der Waals surface area contributed by atoms with Gasteiger partial charge in [-0.1, -0.05) is 20.8 Å². The summed E-state index contributed by atoms with van der Waals surface area (Å²) in [7, 11) is 0. The molecule has 70 valence electrons. The van der Waals surface area contributed by atoms with Gasteiger partial charge in [0.25, 0.3) is 0 Å². The number of hydrogen-bond donors (Lipinski definition) is 0. The zero-order chi connectivity index (χ0) is 9.14. The zero-order valence-corrected chi connectivity index (χ0v) is 8.34. The highest BCUT2D eigenvalue weighted by molar-refractivity contribution is 5.77. The molecule has 0 saturated carbocycles. The minimum Gasteiger partial charge on any atom is -0.342 e. The van der Waals surface area contributed by atoms with Crippen LogP contribution >= 0.6 is 0 Å². The first kappa shape index (κ1) is 9.56. The Balaban J connectivity index is 2.40. The van der Waals surface area contributed by atoms with Gasteiger partial charge in [-0.3, -0.25) is 4.79 Å². The van der Waals surface area contributed by atoms with Crippen LogP contribution in [0.3, 0.4) is 0 Å². The number of piperidine rings is 1. The molecule has 0 spiro atoms. The lowest BCUT2D eigenvalue weighted by Crippen LogP contribution is -2.40. The number of carbonyl (C=O) groups is 1. The van der Waals surface area contributed by atoms with E-state index in [1.54, 1.807) is 0 Å². The van der Waals surface area contributed by atoms with E-state index in [1.807, 2.05) is 4.90 Å². The summed E-state index contributed by atoms with van der Waals surface area (Å²) < 4.78 is 0. The van der Waals surface area contributed by atoms with E-state index in [0.29, 0.717) is 17.7 Å². The molecule has 0 aromatic rings. The first-order valence-corrected chi connectivity index (χ1v) is 4.87. The van der Waals surface area contributed by atoms with Crippen molar-refractivity contribution in [1.82, 2.24) is 4.90 Å². The molecule has 0 radical (unpaired) electrons. The molecule has 1 unspecified atom stereocenters. The smallest absolute Gasteiger partial charge is 0.222 e. The lowest BCUT2D eigenvalue weighted by Gasteiger charge is -2.31. The van der Waals surface area contributed by atoms with Gasteiger partial charge in [0.2, 0.25) is 5.91 Å². The molecule has 2 nitrogen and oxygen atoms in total. The van der Waals surface area contributed by atoms with Crippen LogP contribution in [0.15, 0.2) is 0 Å². The van der Waals surface area contributed by atoms with Gasteiger partial charge >= 0.3 is 0 Å². The average Bonchev–Trinajstić information content (AvgIpc) is 1.94. The largest absolute Gasteiger partial charge is 0.342 e. The maximum absolute atomic E-state index is 11.5. The molecule has 0 N–H and O–H groups in total. The van der Waals surface area contributed by atoms with Crippen molar-refractivity contribution in [3.8, 4) is 0 Å². The molecule has 1 amide bonds. The van der Waals surface area contributed by atoms with Gasteiger partial charge in [0.1, 0.15) is 0 Å². The Morgan fingerprint density at radius 3 is 2.75 bits per heavy atom. The molecule has 2 heteroatoms. The van der Waals surface area contributed by atoms with Gasteiger partial charge in [-0.25, -0.2) is 0 Å². The lowest BCUT2D eigenvalue weighted by molar-refractivity contribution is -0.135. The van der Waals surface area contributed by atoms with Crippen LogP contribution in [0.25, 0.3) is 0 Å². The summed E-state index contributed by atoms with van der Waals surface area (Å²) >= 11 is 0. The predicted octanol–water partition coefficient (Wildman–Crippen LogP) is 1.90. The number of amides is 1. The summed E-state index contributed by atoms with van der Waals surface area (Å²) in [5.41, 5.74) is 0. The maximum atomic E-state index is 11.5. The summed E-state index contributed by atoms with van der Waals surface area (Å²) in [6.45, 7) is 8.38. The summed E-state index contributed by atoms with van der Waals surface area (Å²) in [6, 6.07) is 0. The van der Waals surface area contributed by atoms with E-state index < -0.39 is 0 Å². The lowest BCUT2D eigenvalue weighted by atomic mass is 9.98. The van der Waals surface area contributed by atoms with Gasteiger partial charge in [-0.15, -0.1) is 0 Å². The monoisotopic (exact) mass is 169 g/mol. The van der Waals surface area contributed by atoms with Crippen LogP contribution in [-0.2, 0) is 4.79 Å². The minimum absolute atomic E-state index is 0.349. The normalized spacial score (nSPS) is 25.2. The minimum atomic E-state index is 0.349. The highest BCUT2D eigenvalue weighted by Crippen LogP contribution is 2.17. The molecule has 12 heavy (non-hydrogen) atoms. The van der Waals surface area contributed by atoms with E-state index in [0.717, 1.165) is 19.5 Å². The van der Waals surface area contributed by atoms with Crippen LogP contribution in [0.1, 0.15) is 33.6 Å². The molecule has 0 aliphatic carbocycles. The quantitative estimate of drug-likeness (QED) is 0.618. The topological polar surface area (TPSA) is 20.3 Å². The van der Waals surface area contributed by atoms with Crippen molar-refractivity contribution in [3.05, 3.63) is 0 Å². The number of nitrogens with zero attached hydrogens (tertiary/aromatic N) is 1. The summed E-state index contributed by atoms with van der Waals surface area (Å²) in [5.74, 6) is 1.55. The zero-order valence-electron chi connectivity index (χ0n) is 8.34. The van der Waals surface area contributed by atoms with Crippen molar-refractivity contribution < 1.29 is 4.79 Å². The van der Waals surface area contributed by atoms with Crippen LogP contribution in [0.5, 0.6) is 0 Å². The van der Waals surface area contributed by atoms with Gasteiger partial charge in [0.05, 0.1) is 0 Å². The molecular formula is C10H19NO. The molecule has 1 saturated heterocycles. The predicted molar refractivity (Wildman–Crippen MR) is 49.8 cm³/mol. The Labute approximate surface area is 74.9 Å². The Morgan fingerprint density at radius 1 is 1.58 bits per heavy atom. The standard InChI is InChI=1S/C10H19NO/c1-8(2)7-11-5-4-9(3)6-10(11)12/h8-9H,4-7H2,1-3H3. The van der Waals surface area contributed by atoms with Crippen molar-refractivity contribution in [2.75, 3.05) is 13.1 Å². The molecule has 0 aromatic carbocycles. The van der Waals surface area contributed by atoms with Crippen LogP contribution in [0.2, 0.25) is 0 Å². The first-order chi connectivity index (χ1) is 5.59.